The molecule has 0 bridgehead atoms. The zero-order chi connectivity index (χ0) is 13.9. The van der Waals surface area contributed by atoms with E-state index in [1.807, 2.05) is 35.2 Å². The lowest BCUT2D eigenvalue weighted by Crippen LogP contribution is -2.40. The molecule has 6 heteroatoms. The maximum atomic E-state index is 12.5. The second-order valence-electron chi connectivity index (χ2n) is 5.23. The topological polar surface area (TPSA) is 74.8 Å². The van der Waals surface area contributed by atoms with Gasteiger partial charge >= 0.3 is 0 Å². The van der Waals surface area contributed by atoms with Crippen LogP contribution in [0, 0.1) is 5.92 Å². The Morgan fingerprint density at radius 3 is 2.75 bits per heavy atom. The molecule has 1 amide bonds. The van der Waals surface area contributed by atoms with E-state index in [-0.39, 0.29) is 17.8 Å². The third kappa shape index (κ3) is 2.68. The van der Waals surface area contributed by atoms with Gasteiger partial charge in [0.1, 0.15) is 0 Å². The standard InChI is InChI=1S/C14H17N5O/c1-10(12-7-8-12)19(9-11-5-3-2-4-6-11)14(20)13-15-17-18-16-13/h2-6,10,12H,7-9H2,1H3,(H,15,16,17,18). The van der Waals surface area contributed by atoms with Crippen molar-refractivity contribution in [2.24, 2.45) is 5.92 Å². The number of carbonyl (C=O) groups excluding carboxylic acids is 1. The van der Waals surface area contributed by atoms with Crippen LogP contribution in [0.15, 0.2) is 30.3 Å². The first kappa shape index (κ1) is 12.8. The minimum atomic E-state index is -0.165. The fraction of sp³-hybridized carbons (Fsp3) is 0.429. The Bertz CT molecular complexity index is 565. The van der Waals surface area contributed by atoms with Crippen molar-refractivity contribution in [2.45, 2.75) is 32.4 Å². The van der Waals surface area contributed by atoms with Crippen LogP contribution in [-0.4, -0.2) is 37.5 Å². The van der Waals surface area contributed by atoms with E-state index in [2.05, 4.69) is 27.5 Å². The highest BCUT2D eigenvalue weighted by atomic mass is 16.2. The summed E-state index contributed by atoms with van der Waals surface area (Å²) >= 11 is 0. The summed E-state index contributed by atoms with van der Waals surface area (Å²) < 4.78 is 0. The average Bonchev–Trinajstić information content (AvgIpc) is 3.19. The number of carbonyl (C=O) groups is 1. The molecule has 2 aromatic rings. The molecule has 3 rings (SSSR count). The number of aromatic amines is 1. The van der Waals surface area contributed by atoms with Crippen molar-refractivity contribution in [3.05, 3.63) is 41.7 Å². The average molecular weight is 271 g/mol. The van der Waals surface area contributed by atoms with Gasteiger partial charge < -0.3 is 4.90 Å². The third-order valence-corrected chi connectivity index (χ3v) is 3.79. The van der Waals surface area contributed by atoms with Gasteiger partial charge in [0.05, 0.1) is 0 Å². The fourth-order valence-corrected chi connectivity index (χ4v) is 2.39. The maximum Gasteiger partial charge on any atom is 0.296 e. The zero-order valence-corrected chi connectivity index (χ0v) is 11.4. The summed E-state index contributed by atoms with van der Waals surface area (Å²) in [6.07, 6.45) is 2.37. The van der Waals surface area contributed by atoms with Gasteiger partial charge in [0, 0.05) is 12.6 Å². The predicted molar refractivity (Wildman–Crippen MR) is 72.7 cm³/mol. The van der Waals surface area contributed by atoms with Crippen molar-refractivity contribution < 1.29 is 4.79 Å². The first-order valence-electron chi connectivity index (χ1n) is 6.84. The quantitative estimate of drug-likeness (QED) is 0.897. The number of amides is 1. The normalized spacial score (nSPS) is 15.8. The highest BCUT2D eigenvalue weighted by molar-refractivity contribution is 5.90. The van der Waals surface area contributed by atoms with Crippen molar-refractivity contribution in [3.8, 4) is 0 Å². The lowest BCUT2D eigenvalue weighted by atomic mass is 10.1. The molecular formula is C14H17N5O. The number of benzene rings is 1. The molecule has 0 aliphatic heterocycles. The van der Waals surface area contributed by atoms with Gasteiger partial charge in [0.2, 0.25) is 0 Å². The van der Waals surface area contributed by atoms with Crippen molar-refractivity contribution in [1.29, 1.82) is 0 Å². The molecule has 1 heterocycles. The number of aromatic nitrogens is 4. The van der Waals surface area contributed by atoms with Gasteiger partial charge in [-0.1, -0.05) is 30.3 Å². The van der Waals surface area contributed by atoms with E-state index in [1.54, 1.807) is 0 Å². The molecule has 1 aromatic heterocycles. The van der Waals surface area contributed by atoms with Gasteiger partial charge in [-0.2, -0.15) is 5.21 Å². The summed E-state index contributed by atoms with van der Waals surface area (Å²) in [5.41, 5.74) is 1.11. The molecule has 0 spiro atoms. The van der Waals surface area contributed by atoms with Crippen LogP contribution >= 0.6 is 0 Å². The molecule has 0 saturated heterocycles. The summed E-state index contributed by atoms with van der Waals surface area (Å²) in [6.45, 7) is 2.67. The Labute approximate surface area is 117 Å². The fourth-order valence-electron chi connectivity index (χ4n) is 2.39. The van der Waals surface area contributed by atoms with E-state index in [0.717, 1.165) is 5.56 Å². The molecule has 1 unspecified atom stereocenters. The van der Waals surface area contributed by atoms with Crippen LogP contribution < -0.4 is 0 Å². The number of H-pyrrole nitrogens is 1. The van der Waals surface area contributed by atoms with Crippen LogP contribution in [0.25, 0.3) is 0 Å². The van der Waals surface area contributed by atoms with Crippen LogP contribution in [0.4, 0.5) is 0 Å². The zero-order valence-electron chi connectivity index (χ0n) is 11.4. The molecule has 1 fully saturated rings. The molecule has 1 aliphatic rings. The van der Waals surface area contributed by atoms with Crippen LogP contribution in [0.3, 0.4) is 0 Å². The first-order valence-corrected chi connectivity index (χ1v) is 6.84. The molecule has 6 nitrogen and oxygen atoms in total. The Morgan fingerprint density at radius 2 is 2.15 bits per heavy atom. The lowest BCUT2D eigenvalue weighted by molar-refractivity contribution is 0.0641. The van der Waals surface area contributed by atoms with E-state index < -0.39 is 0 Å². The van der Waals surface area contributed by atoms with Crippen molar-refractivity contribution >= 4 is 5.91 Å². The number of hydrogen-bond acceptors (Lipinski definition) is 4. The summed E-state index contributed by atoms with van der Waals surface area (Å²) in [5.74, 6) is 0.560. The summed E-state index contributed by atoms with van der Waals surface area (Å²) in [5, 5.41) is 13.4. The Hall–Kier alpha value is -2.24. The molecule has 104 valence electrons. The number of tetrazole rings is 1. The highest BCUT2D eigenvalue weighted by Gasteiger charge is 2.35. The van der Waals surface area contributed by atoms with E-state index in [1.165, 1.54) is 12.8 Å². The highest BCUT2D eigenvalue weighted by Crippen LogP contribution is 2.36. The van der Waals surface area contributed by atoms with Gasteiger partial charge in [-0.15, -0.1) is 10.2 Å². The Morgan fingerprint density at radius 1 is 1.40 bits per heavy atom. The van der Waals surface area contributed by atoms with Crippen molar-refractivity contribution in [2.75, 3.05) is 0 Å². The molecule has 1 N–H and O–H groups in total. The summed E-state index contributed by atoms with van der Waals surface area (Å²) in [4.78, 5) is 14.4. The van der Waals surface area contributed by atoms with Gasteiger partial charge in [-0.3, -0.25) is 4.79 Å². The number of rotatable bonds is 5. The second kappa shape index (κ2) is 5.40. The monoisotopic (exact) mass is 271 g/mol. The Kier molecular flexibility index (Phi) is 3.45. The molecule has 20 heavy (non-hydrogen) atoms. The molecule has 1 saturated carbocycles. The SMILES string of the molecule is CC(C1CC1)N(Cc1ccccc1)C(=O)c1nn[nH]n1. The van der Waals surface area contributed by atoms with Crippen LogP contribution in [0.5, 0.6) is 0 Å². The predicted octanol–water partition coefficient (Wildman–Crippen LogP) is 1.64. The summed E-state index contributed by atoms with van der Waals surface area (Å²) in [6, 6.07) is 10.2. The van der Waals surface area contributed by atoms with Gasteiger partial charge in [0.15, 0.2) is 0 Å². The van der Waals surface area contributed by atoms with Gasteiger partial charge in [-0.25, -0.2) is 0 Å². The van der Waals surface area contributed by atoms with Crippen molar-refractivity contribution in [3.63, 3.8) is 0 Å². The second-order valence-corrected chi connectivity index (χ2v) is 5.23. The minimum Gasteiger partial charge on any atom is -0.329 e. The molecule has 1 aliphatic carbocycles. The van der Waals surface area contributed by atoms with E-state index >= 15 is 0 Å². The first-order chi connectivity index (χ1) is 9.75. The largest absolute Gasteiger partial charge is 0.329 e. The minimum absolute atomic E-state index is 0.133. The molecule has 1 atom stereocenters. The van der Waals surface area contributed by atoms with Crippen molar-refractivity contribution in [1.82, 2.24) is 25.5 Å². The van der Waals surface area contributed by atoms with Gasteiger partial charge in [-0.05, 0) is 36.5 Å². The van der Waals surface area contributed by atoms with Crippen LogP contribution in [0.2, 0.25) is 0 Å². The van der Waals surface area contributed by atoms with E-state index in [0.29, 0.717) is 12.5 Å². The smallest absolute Gasteiger partial charge is 0.296 e. The van der Waals surface area contributed by atoms with E-state index in [9.17, 15) is 4.79 Å². The van der Waals surface area contributed by atoms with Gasteiger partial charge in [0.25, 0.3) is 11.7 Å². The van der Waals surface area contributed by atoms with Crippen LogP contribution in [0.1, 0.15) is 35.9 Å². The maximum absolute atomic E-state index is 12.5. The molecule has 0 radical (unpaired) electrons. The molecule has 1 aromatic carbocycles. The van der Waals surface area contributed by atoms with E-state index in [4.69, 9.17) is 0 Å². The number of nitrogens with zero attached hydrogens (tertiary/aromatic N) is 4. The molecular weight excluding hydrogens is 254 g/mol. The third-order valence-electron chi connectivity index (χ3n) is 3.79. The van der Waals surface area contributed by atoms with Crippen LogP contribution in [-0.2, 0) is 6.54 Å². The summed E-state index contributed by atoms with van der Waals surface area (Å²) in [7, 11) is 0. The number of nitrogens with one attached hydrogen (secondary N) is 1. The number of hydrogen-bond donors (Lipinski definition) is 1. The Balaban J connectivity index is 1.82. The lowest BCUT2D eigenvalue weighted by Gasteiger charge is -2.28.